The minimum absolute atomic E-state index is 0.108. The average molecular weight is 524 g/mol. The number of carbonyl (C=O) groups is 2. The Balaban J connectivity index is 2.40. The van der Waals surface area contributed by atoms with Crippen LogP contribution in [0.1, 0.15) is 33.3 Å². The highest BCUT2D eigenvalue weighted by Crippen LogP contribution is 2.30. The lowest BCUT2D eigenvalue weighted by molar-refractivity contribution is -0.139. The van der Waals surface area contributed by atoms with Gasteiger partial charge in [-0.3, -0.25) is 13.9 Å². The molecular weight excluding hydrogens is 490 g/mol. The number of nitrogens with one attached hydrogen (secondary N) is 1. The van der Waals surface area contributed by atoms with Crippen LogP contribution < -0.4 is 14.4 Å². The van der Waals surface area contributed by atoms with E-state index in [1.54, 1.807) is 62.4 Å². The highest BCUT2D eigenvalue weighted by atomic mass is 35.5. The zero-order valence-corrected chi connectivity index (χ0v) is 22.4. The fraction of sp³-hybridized carbons (Fsp3) is 0.440. The Labute approximate surface area is 213 Å². The maximum Gasteiger partial charge on any atom is 0.244 e. The number of anilines is 1. The predicted octanol–water partition coefficient (Wildman–Crippen LogP) is 3.69. The van der Waals surface area contributed by atoms with E-state index in [0.29, 0.717) is 23.9 Å². The first-order valence-electron chi connectivity index (χ1n) is 11.4. The summed E-state index contributed by atoms with van der Waals surface area (Å²) in [5, 5.41) is 3.39. The van der Waals surface area contributed by atoms with Crippen LogP contribution in [0, 0.1) is 5.92 Å². The molecule has 2 rings (SSSR count). The summed E-state index contributed by atoms with van der Waals surface area (Å²) in [6.45, 7) is 7.78. The van der Waals surface area contributed by atoms with Crippen molar-refractivity contribution in [2.24, 2.45) is 5.92 Å². The molecule has 0 aliphatic heterocycles. The fourth-order valence-electron chi connectivity index (χ4n) is 3.36. The molecule has 0 saturated heterocycles. The van der Waals surface area contributed by atoms with Gasteiger partial charge < -0.3 is 15.0 Å². The third-order valence-electron chi connectivity index (χ3n) is 5.23. The monoisotopic (exact) mass is 523 g/mol. The van der Waals surface area contributed by atoms with Gasteiger partial charge in [-0.25, -0.2) is 8.42 Å². The summed E-state index contributed by atoms with van der Waals surface area (Å²) in [5.74, 6) is -0.256. The largest absolute Gasteiger partial charge is 0.492 e. The van der Waals surface area contributed by atoms with E-state index in [1.165, 1.54) is 4.90 Å². The number of hydrogen-bond acceptors (Lipinski definition) is 5. The van der Waals surface area contributed by atoms with Crippen LogP contribution in [0.5, 0.6) is 5.75 Å². The summed E-state index contributed by atoms with van der Waals surface area (Å²) in [6.07, 6.45) is 1.03. The Morgan fingerprint density at radius 2 is 1.69 bits per heavy atom. The molecule has 0 fully saturated rings. The van der Waals surface area contributed by atoms with E-state index in [-0.39, 0.29) is 24.1 Å². The molecular formula is C25H34ClN3O5S. The van der Waals surface area contributed by atoms with Crippen LogP contribution in [0.4, 0.5) is 5.69 Å². The number of sulfonamides is 1. The number of ether oxygens (including phenoxy) is 1. The Morgan fingerprint density at radius 3 is 2.26 bits per heavy atom. The van der Waals surface area contributed by atoms with E-state index in [4.69, 9.17) is 16.3 Å². The smallest absolute Gasteiger partial charge is 0.244 e. The molecule has 1 N–H and O–H groups in total. The van der Waals surface area contributed by atoms with Crippen LogP contribution in [0.25, 0.3) is 0 Å². The number of benzene rings is 2. The minimum atomic E-state index is -3.85. The molecule has 0 unspecified atom stereocenters. The van der Waals surface area contributed by atoms with Gasteiger partial charge in [-0.05, 0) is 49.6 Å². The SMILES string of the molecule is CCOc1ccccc1N(CC(=O)N(Cc1ccc(Cl)cc1)[C@H](C)C(=O)NCC(C)C)S(C)(=O)=O. The van der Waals surface area contributed by atoms with Crippen LogP contribution >= 0.6 is 11.6 Å². The fourth-order valence-corrected chi connectivity index (χ4v) is 4.34. The predicted molar refractivity (Wildman–Crippen MR) is 139 cm³/mol. The van der Waals surface area contributed by atoms with E-state index in [9.17, 15) is 18.0 Å². The molecule has 10 heteroatoms. The molecule has 0 spiro atoms. The molecule has 8 nitrogen and oxygen atoms in total. The van der Waals surface area contributed by atoms with Gasteiger partial charge in [-0.15, -0.1) is 0 Å². The van der Waals surface area contributed by atoms with Crippen LogP contribution in [0.3, 0.4) is 0 Å². The number of rotatable bonds is 12. The molecule has 192 valence electrons. The van der Waals surface area contributed by atoms with Crippen molar-refractivity contribution in [2.45, 2.75) is 40.3 Å². The van der Waals surface area contributed by atoms with Gasteiger partial charge in [-0.2, -0.15) is 0 Å². The van der Waals surface area contributed by atoms with E-state index < -0.39 is 28.5 Å². The molecule has 1 atom stereocenters. The second-order valence-electron chi connectivity index (χ2n) is 8.63. The van der Waals surface area contributed by atoms with Gasteiger partial charge in [0.15, 0.2) is 0 Å². The third kappa shape index (κ3) is 8.43. The number of para-hydroxylation sites is 2. The van der Waals surface area contributed by atoms with Crippen molar-refractivity contribution in [3.8, 4) is 5.75 Å². The van der Waals surface area contributed by atoms with E-state index in [1.807, 2.05) is 13.8 Å². The van der Waals surface area contributed by atoms with E-state index in [0.717, 1.165) is 16.1 Å². The summed E-state index contributed by atoms with van der Waals surface area (Å²) in [5.41, 5.74) is 1.01. The van der Waals surface area contributed by atoms with Crippen molar-refractivity contribution in [3.63, 3.8) is 0 Å². The Hall–Kier alpha value is -2.78. The maximum atomic E-state index is 13.6. The number of nitrogens with zero attached hydrogens (tertiary/aromatic N) is 2. The minimum Gasteiger partial charge on any atom is -0.492 e. The first-order valence-corrected chi connectivity index (χ1v) is 13.7. The third-order valence-corrected chi connectivity index (χ3v) is 6.61. The van der Waals surface area contributed by atoms with E-state index >= 15 is 0 Å². The molecule has 35 heavy (non-hydrogen) atoms. The summed E-state index contributed by atoms with van der Waals surface area (Å²) in [4.78, 5) is 27.8. The van der Waals surface area contributed by atoms with Gasteiger partial charge in [0.05, 0.1) is 18.6 Å². The molecule has 0 saturated carbocycles. The van der Waals surface area contributed by atoms with Crippen LogP contribution in [0.15, 0.2) is 48.5 Å². The number of amides is 2. The molecule has 0 heterocycles. The summed E-state index contributed by atoms with van der Waals surface area (Å²) >= 11 is 5.99. The lowest BCUT2D eigenvalue weighted by atomic mass is 10.1. The normalized spacial score (nSPS) is 12.2. The molecule has 0 aliphatic carbocycles. The van der Waals surface area contributed by atoms with Gasteiger partial charge >= 0.3 is 0 Å². The second kappa shape index (κ2) is 12.8. The zero-order chi connectivity index (χ0) is 26.2. The summed E-state index contributed by atoms with van der Waals surface area (Å²) in [6, 6.07) is 12.7. The number of carbonyl (C=O) groups excluding carboxylic acids is 2. The Kier molecular flexibility index (Phi) is 10.4. The zero-order valence-electron chi connectivity index (χ0n) is 20.8. The van der Waals surface area contributed by atoms with Crippen molar-refractivity contribution in [1.29, 1.82) is 0 Å². The number of hydrogen-bond donors (Lipinski definition) is 1. The van der Waals surface area contributed by atoms with Crippen LogP contribution in [-0.4, -0.2) is 57.1 Å². The lowest BCUT2D eigenvalue weighted by Gasteiger charge is -2.32. The van der Waals surface area contributed by atoms with Crippen molar-refractivity contribution in [2.75, 3.05) is 30.3 Å². The van der Waals surface area contributed by atoms with Crippen molar-refractivity contribution >= 4 is 39.1 Å². The first kappa shape index (κ1) is 28.5. The van der Waals surface area contributed by atoms with Crippen molar-refractivity contribution in [1.82, 2.24) is 10.2 Å². The molecule has 2 aromatic rings. The highest BCUT2D eigenvalue weighted by Gasteiger charge is 2.31. The van der Waals surface area contributed by atoms with E-state index in [2.05, 4.69) is 5.32 Å². The topological polar surface area (TPSA) is 96.0 Å². The quantitative estimate of drug-likeness (QED) is 0.457. The highest BCUT2D eigenvalue weighted by molar-refractivity contribution is 7.92. The van der Waals surface area contributed by atoms with Gasteiger partial charge in [0.2, 0.25) is 21.8 Å². The van der Waals surface area contributed by atoms with Gasteiger partial charge in [0, 0.05) is 18.1 Å². The summed E-state index contributed by atoms with van der Waals surface area (Å²) < 4.78 is 32.1. The van der Waals surface area contributed by atoms with Gasteiger partial charge in [0.1, 0.15) is 18.3 Å². The van der Waals surface area contributed by atoms with Crippen LogP contribution in [-0.2, 0) is 26.2 Å². The van der Waals surface area contributed by atoms with Gasteiger partial charge in [-0.1, -0.05) is 49.7 Å². The Bertz CT molecular complexity index is 1110. The average Bonchev–Trinajstić information content (AvgIpc) is 2.80. The molecule has 2 aromatic carbocycles. The first-order chi connectivity index (χ1) is 16.4. The molecule has 2 amide bonds. The molecule has 0 bridgehead atoms. The van der Waals surface area contributed by atoms with Crippen LogP contribution in [0.2, 0.25) is 5.02 Å². The molecule has 0 aromatic heterocycles. The molecule has 0 radical (unpaired) electrons. The summed E-state index contributed by atoms with van der Waals surface area (Å²) in [7, 11) is -3.85. The van der Waals surface area contributed by atoms with Crippen molar-refractivity contribution < 1.29 is 22.7 Å². The molecule has 0 aliphatic rings. The lowest BCUT2D eigenvalue weighted by Crippen LogP contribution is -2.51. The standard InChI is InChI=1S/C25H34ClN3O5S/c1-6-34-23-10-8-7-9-22(23)29(35(5,32)33)17-24(30)28(16-20-11-13-21(26)14-12-20)19(4)25(31)27-15-18(2)3/h7-14,18-19H,6,15-17H2,1-5H3,(H,27,31)/t19-/m1/s1. The maximum absolute atomic E-state index is 13.6. The Morgan fingerprint density at radius 1 is 1.06 bits per heavy atom. The second-order valence-corrected chi connectivity index (χ2v) is 11.0. The van der Waals surface area contributed by atoms with Gasteiger partial charge in [0.25, 0.3) is 0 Å². The number of halogens is 1. The van der Waals surface area contributed by atoms with Crippen molar-refractivity contribution in [3.05, 3.63) is 59.1 Å².